The van der Waals surface area contributed by atoms with Crippen LogP contribution in [0.3, 0.4) is 0 Å². The van der Waals surface area contributed by atoms with Crippen molar-refractivity contribution in [2.75, 3.05) is 0 Å². The van der Waals surface area contributed by atoms with Crippen LogP contribution in [0, 0.1) is 20.4 Å². The Hall–Kier alpha value is -1.62. The number of nitrogens with zero attached hydrogens (tertiary/aromatic N) is 2. The summed E-state index contributed by atoms with van der Waals surface area (Å²) in [5.74, 6) is 0. The Bertz CT molecular complexity index is 653. The van der Waals surface area contributed by atoms with Crippen molar-refractivity contribution in [3.8, 4) is 5.69 Å². The summed E-state index contributed by atoms with van der Waals surface area (Å²) in [5, 5.41) is 10.6. The number of benzene rings is 1. The molecule has 0 spiro atoms. The molecule has 1 aliphatic rings. The van der Waals surface area contributed by atoms with E-state index in [1.807, 2.05) is 0 Å². The topological polar surface area (TPSA) is 139 Å². The van der Waals surface area contributed by atoms with E-state index in [1.165, 1.54) is 29.7 Å². The number of halogens is 1. The fraction of sp³-hybridized carbons (Fsp3) is 0.308. The molecule has 8 nitrogen and oxygen atoms in total. The highest BCUT2D eigenvalue weighted by Gasteiger charge is 2.21. The van der Waals surface area contributed by atoms with Crippen LogP contribution >= 0.6 is 11.5 Å². The molecule has 0 amide bonds. The molecule has 1 aromatic heterocycles. The molecule has 0 aliphatic heterocycles. The molecule has 0 bridgehead atoms. The third kappa shape index (κ3) is 5.50. The van der Waals surface area contributed by atoms with Crippen LogP contribution in [0.5, 0.6) is 0 Å². The maximum atomic E-state index is 10.6. The maximum Gasteiger partial charge on any atom is 0.269 e. The van der Waals surface area contributed by atoms with E-state index in [1.54, 1.807) is 35.8 Å². The second-order valence-electron chi connectivity index (χ2n) is 4.85. The van der Waals surface area contributed by atoms with E-state index in [0.717, 1.165) is 12.1 Å². The van der Waals surface area contributed by atoms with Crippen LogP contribution in [-0.4, -0.2) is 4.92 Å². The molecule has 10 heteroatoms. The molecular weight excluding hydrogens is 348 g/mol. The Kier molecular flexibility index (Phi) is 5.63. The summed E-state index contributed by atoms with van der Waals surface area (Å²) >= 11 is 1.75. The van der Waals surface area contributed by atoms with Crippen LogP contribution in [0.1, 0.15) is 23.3 Å². The molecule has 0 fully saturated rings. The molecule has 0 radical (unpaired) electrons. The number of non-ortho nitro benzene ring substituents is 1. The monoisotopic (exact) mass is 360 g/mol. The van der Waals surface area contributed by atoms with Gasteiger partial charge in [-0.15, -0.1) is 14.2 Å². The molecule has 1 aromatic carbocycles. The molecule has 0 atom stereocenters. The highest BCUT2D eigenvalue weighted by molar-refractivity contribution is 7.02. The number of hydrogen-bond acceptors (Lipinski definition) is 7. The molecule has 124 valence electrons. The van der Waals surface area contributed by atoms with E-state index >= 15 is 0 Å². The molecule has 1 aliphatic carbocycles. The predicted octanol–water partition coefficient (Wildman–Crippen LogP) is -1.94. The smallest absolute Gasteiger partial charge is 0.258 e. The number of nitro benzene ring substituents is 1. The second kappa shape index (κ2) is 7.30. The van der Waals surface area contributed by atoms with Gasteiger partial charge in [-0.05, 0) is 25.7 Å². The van der Waals surface area contributed by atoms with Crippen molar-refractivity contribution in [3.63, 3.8) is 0 Å². The average Bonchev–Trinajstić information content (AvgIpc) is 2.89. The van der Waals surface area contributed by atoms with Crippen LogP contribution in [0.4, 0.5) is 5.69 Å². The van der Waals surface area contributed by atoms with Gasteiger partial charge in [0.2, 0.25) is 5.69 Å². The first-order chi connectivity index (χ1) is 10.7. The molecule has 0 saturated carbocycles. The lowest BCUT2D eigenvalue weighted by Crippen LogP contribution is -2.68. The number of hydrogen-bond donors (Lipinski definition) is 0. The lowest BCUT2D eigenvalue weighted by molar-refractivity contribution is -2.00. The SMILES string of the molecule is O=[N+]([O-])c1ccc(-[n+]2cc3c(s2)CCCC3)cc1.[O-][Cl+3]([O-])([O-])[O-]. The summed E-state index contributed by atoms with van der Waals surface area (Å²) in [5.41, 5.74) is 2.57. The highest BCUT2D eigenvalue weighted by Crippen LogP contribution is 2.24. The van der Waals surface area contributed by atoms with Crippen molar-refractivity contribution >= 4 is 17.2 Å². The summed E-state index contributed by atoms with van der Waals surface area (Å²) < 4.78 is 36.1. The Morgan fingerprint density at radius 3 is 2.13 bits per heavy atom. The molecule has 0 unspecified atom stereocenters. The van der Waals surface area contributed by atoms with Crippen LogP contribution in [0.25, 0.3) is 5.69 Å². The molecule has 1 heterocycles. The summed E-state index contributed by atoms with van der Waals surface area (Å²) in [7, 11) is -4.94. The van der Waals surface area contributed by atoms with Gasteiger partial charge < -0.3 is 0 Å². The minimum atomic E-state index is -4.94. The first kappa shape index (κ1) is 17.7. The number of nitro groups is 1. The first-order valence-electron chi connectivity index (χ1n) is 6.64. The van der Waals surface area contributed by atoms with E-state index in [-0.39, 0.29) is 10.6 Å². The minimum Gasteiger partial charge on any atom is -0.258 e. The van der Waals surface area contributed by atoms with E-state index < -0.39 is 10.2 Å². The highest BCUT2D eigenvalue weighted by atomic mass is 35.7. The first-order valence-corrected chi connectivity index (χ1v) is 8.65. The lowest BCUT2D eigenvalue weighted by atomic mass is 10.0. The zero-order valence-corrected chi connectivity index (χ0v) is 13.4. The average molecular weight is 361 g/mol. The number of aromatic nitrogens is 1. The van der Waals surface area contributed by atoms with Crippen LogP contribution < -0.4 is 22.6 Å². The number of aryl methyl sites for hydroxylation is 2. The van der Waals surface area contributed by atoms with E-state index in [0.29, 0.717) is 0 Å². The fourth-order valence-corrected chi connectivity index (χ4v) is 3.43. The largest absolute Gasteiger partial charge is 0.269 e. The summed E-state index contributed by atoms with van der Waals surface area (Å²) in [6.45, 7) is 0. The molecule has 2 aromatic rings. The van der Waals surface area contributed by atoms with Crippen molar-refractivity contribution < 1.29 is 37.8 Å². The molecule has 0 saturated heterocycles. The van der Waals surface area contributed by atoms with Gasteiger partial charge in [-0.3, -0.25) is 10.1 Å². The molecule has 23 heavy (non-hydrogen) atoms. The fourth-order valence-electron chi connectivity index (χ4n) is 2.28. The van der Waals surface area contributed by atoms with E-state index in [4.69, 9.17) is 18.6 Å². The Labute approximate surface area is 137 Å². The van der Waals surface area contributed by atoms with Crippen LogP contribution in [0.15, 0.2) is 30.5 Å². The molecule has 0 N–H and O–H groups in total. The van der Waals surface area contributed by atoms with Crippen LogP contribution in [0.2, 0.25) is 0 Å². The van der Waals surface area contributed by atoms with E-state index in [2.05, 4.69) is 10.2 Å². The lowest BCUT2D eigenvalue weighted by Gasteiger charge is -2.17. The van der Waals surface area contributed by atoms with Crippen molar-refractivity contribution in [2.24, 2.45) is 0 Å². The second-order valence-corrected chi connectivity index (χ2v) is 6.68. The number of rotatable bonds is 2. The Morgan fingerprint density at radius 1 is 1.04 bits per heavy atom. The molecule has 3 rings (SSSR count). The molecular formula is C13H13ClN2O6S. The normalized spacial score (nSPS) is 13.7. The summed E-state index contributed by atoms with van der Waals surface area (Å²) in [6, 6.07) is 6.72. The standard InChI is InChI=1S/C13H13N2O2S.ClHO4/c16-15(17)12-7-5-11(6-8-12)14-9-10-3-1-2-4-13(10)18-14;2-1(3,4)5/h5-9H,1-4H2;(H,2,3,4,5)/q+1;/p-1. The number of fused-ring (bicyclic) bond motifs is 1. The van der Waals surface area contributed by atoms with Gasteiger partial charge in [0.25, 0.3) is 5.69 Å². The van der Waals surface area contributed by atoms with Gasteiger partial charge in [-0.2, -0.15) is 0 Å². The summed E-state index contributed by atoms with van der Waals surface area (Å²) in [4.78, 5) is 11.7. The zero-order valence-electron chi connectivity index (χ0n) is 11.8. The van der Waals surface area contributed by atoms with Gasteiger partial charge in [0.1, 0.15) is 11.5 Å². The minimum absolute atomic E-state index is 0.140. The quantitative estimate of drug-likeness (QED) is 0.346. The zero-order chi connectivity index (χ0) is 17.0. The van der Waals surface area contributed by atoms with Gasteiger partial charge in [-0.25, -0.2) is 18.6 Å². The third-order valence-corrected chi connectivity index (χ3v) is 4.45. The van der Waals surface area contributed by atoms with Gasteiger partial charge >= 0.3 is 0 Å². The Morgan fingerprint density at radius 2 is 1.61 bits per heavy atom. The van der Waals surface area contributed by atoms with Crippen molar-refractivity contribution in [2.45, 2.75) is 25.7 Å². The van der Waals surface area contributed by atoms with Crippen LogP contribution in [-0.2, 0) is 12.8 Å². The van der Waals surface area contributed by atoms with Gasteiger partial charge in [-0.1, -0.05) is 0 Å². The van der Waals surface area contributed by atoms with Gasteiger partial charge in [0.15, 0.2) is 6.20 Å². The van der Waals surface area contributed by atoms with Crippen molar-refractivity contribution in [3.05, 3.63) is 51.0 Å². The third-order valence-electron chi connectivity index (χ3n) is 3.25. The van der Waals surface area contributed by atoms with Crippen molar-refractivity contribution in [1.29, 1.82) is 0 Å². The van der Waals surface area contributed by atoms with E-state index in [9.17, 15) is 10.1 Å². The van der Waals surface area contributed by atoms with Crippen molar-refractivity contribution in [1.82, 2.24) is 0 Å². The Balaban J connectivity index is 0.000000338. The summed E-state index contributed by atoms with van der Waals surface area (Å²) in [6.07, 6.45) is 7.03. The van der Waals surface area contributed by atoms with Gasteiger partial charge in [0, 0.05) is 29.8 Å². The maximum absolute atomic E-state index is 10.6. The predicted molar refractivity (Wildman–Crippen MR) is 69.1 cm³/mol. The van der Waals surface area contributed by atoms with Gasteiger partial charge in [0.05, 0.1) is 9.80 Å².